The molecule has 1 saturated heterocycles. The number of aliphatic hydroxyl groups excluding tert-OH is 1. The van der Waals surface area contributed by atoms with Crippen LogP contribution >= 0.6 is 23.7 Å². The minimum absolute atomic E-state index is 0. The Morgan fingerprint density at radius 1 is 0.950 bits per heavy atom. The van der Waals surface area contributed by atoms with E-state index < -0.39 is 35.4 Å². The van der Waals surface area contributed by atoms with E-state index >= 15 is 0 Å². The number of aromatic nitrogens is 1. The molecular formula is C43H63ClN6O9S. The van der Waals surface area contributed by atoms with E-state index in [-0.39, 0.29) is 82.1 Å². The van der Waals surface area contributed by atoms with Gasteiger partial charge in [0.2, 0.25) is 23.6 Å². The molecule has 1 aliphatic rings. The zero-order chi connectivity index (χ0) is 43.0. The van der Waals surface area contributed by atoms with Crippen molar-refractivity contribution in [2.75, 3.05) is 46.2 Å². The molecular weight excluding hydrogens is 812 g/mol. The number of likely N-dealkylation sites (tertiary alicyclic amines) is 1. The molecule has 0 unspecified atom stereocenters. The highest BCUT2D eigenvalue weighted by atomic mass is 35.5. The first-order chi connectivity index (χ1) is 28.1. The van der Waals surface area contributed by atoms with Gasteiger partial charge in [-0.2, -0.15) is 0 Å². The molecule has 15 nitrogen and oxygen atoms in total. The van der Waals surface area contributed by atoms with Gasteiger partial charge in [0.25, 0.3) is 0 Å². The monoisotopic (exact) mass is 874 g/mol. The van der Waals surface area contributed by atoms with Crippen LogP contribution < -0.4 is 22.1 Å². The van der Waals surface area contributed by atoms with Crippen LogP contribution in [0.25, 0.3) is 10.4 Å². The van der Waals surface area contributed by atoms with E-state index in [9.17, 15) is 24.3 Å². The number of thiazole rings is 1. The number of ether oxygens (including phenoxy) is 4. The lowest BCUT2D eigenvalue weighted by Gasteiger charge is -2.35. The van der Waals surface area contributed by atoms with Crippen molar-refractivity contribution in [1.29, 1.82) is 0 Å². The number of β-amino-alcohol motifs (C(OH)–C–C–N with tert-alkyl or cyclic N) is 1. The molecule has 17 heteroatoms. The average Bonchev–Trinajstić information content (AvgIpc) is 3.82. The third-order valence-corrected chi connectivity index (χ3v) is 11.1. The average molecular weight is 876 g/mol. The summed E-state index contributed by atoms with van der Waals surface area (Å²) in [6.45, 7) is 11.5. The number of aryl methyl sites for hydroxylation is 1. The van der Waals surface area contributed by atoms with Gasteiger partial charge in [0.1, 0.15) is 18.7 Å². The van der Waals surface area contributed by atoms with Gasteiger partial charge in [0.15, 0.2) is 0 Å². The van der Waals surface area contributed by atoms with Gasteiger partial charge in [-0.3, -0.25) is 19.2 Å². The minimum atomic E-state index is -0.956. The molecule has 5 atom stereocenters. The Kier molecular flexibility index (Phi) is 21.0. The molecule has 4 amide bonds. The largest absolute Gasteiger partial charge is 0.391 e. The van der Waals surface area contributed by atoms with Crippen LogP contribution in [0.3, 0.4) is 0 Å². The summed E-state index contributed by atoms with van der Waals surface area (Å²) in [4.78, 5) is 57.9. The smallest absolute Gasteiger partial charge is 0.246 e. The number of nitrogens with zero attached hydrogens (tertiary/aromatic N) is 2. The van der Waals surface area contributed by atoms with Crippen LogP contribution in [0, 0.1) is 12.3 Å². The van der Waals surface area contributed by atoms with Crippen LogP contribution in [0.2, 0.25) is 0 Å². The number of carbonyl (C=O) groups is 4. The lowest BCUT2D eigenvalue weighted by Crippen LogP contribution is -2.58. The van der Waals surface area contributed by atoms with Crippen LogP contribution in [0.4, 0.5) is 0 Å². The Balaban J connectivity index is 0.00000961. The third kappa shape index (κ3) is 16.5. The number of hydrogen-bond acceptors (Lipinski definition) is 12. The maximum absolute atomic E-state index is 13.9. The van der Waals surface area contributed by atoms with Gasteiger partial charge in [-0.05, 0) is 54.4 Å². The lowest BCUT2D eigenvalue weighted by atomic mass is 9.85. The van der Waals surface area contributed by atoms with E-state index in [4.69, 9.17) is 30.4 Å². The highest BCUT2D eigenvalue weighted by molar-refractivity contribution is 7.13. The predicted molar refractivity (Wildman–Crippen MR) is 232 cm³/mol. The van der Waals surface area contributed by atoms with E-state index in [0.717, 1.165) is 39.2 Å². The topological polar surface area (TPSA) is 218 Å². The summed E-state index contributed by atoms with van der Waals surface area (Å²) in [6.07, 6.45) is 0.502. The van der Waals surface area contributed by atoms with Gasteiger partial charge in [-0.15, -0.1) is 23.7 Å². The second kappa shape index (κ2) is 25.1. The van der Waals surface area contributed by atoms with Crippen molar-refractivity contribution in [2.24, 2.45) is 16.9 Å². The maximum Gasteiger partial charge on any atom is 0.246 e. The van der Waals surface area contributed by atoms with Gasteiger partial charge in [-0.25, -0.2) is 4.98 Å². The molecule has 3 aromatic rings. The van der Waals surface area contributed by atoms with Crippen molar-refractivity contribution >= 4 is 47.4 Å². The fourth-order valence-electron chi connectivity index (χ4n) is 6.47. The number of hydrogen-bond donors (Lipinski definition) is 5. The highest BCUT2D eigenvalue weighted by Gasteiger charge is 2.44. The molecule has 0 bridgehead atoms. The number of rotatable bonds is 24. The van der Waals surface area contributed by atoms with Crippen LogP contribution in [0.5, 0.6) is 0 Å². The van der Waals surface area contributed by atoms with E-state index in [1.807, 2.05) is 88.7 Å². The van der Waals surface area contributed by atoms with Gasteiger partial charge < -0.3 is 51.1 Å². The van der Waals surface area contributed by atoms with Crippen LogP contribution in [-0.2, 0) is 57.7 Å². The quantitative estimate of drug-likeness (QED) is 0.0822. The maximum atomic E-state index is 13.9. The number of halogens is 1. The fraction of sp³-hybridized carbons (Fsp3) is 0.558. The van der Waals surface area contributed by atoms with E-state index in [2.05, 4.69) is 15.6 Å². The fourth-order valence-corrected chi connectivity index (χ4v) is 7.29. The highest BCUT2D eigenvalue weighted by Crippen LogP contribution is 2.28. The van der Waals surface area contributed by atoms with Crippen molar-refractivity contribution in [3.8, 4) is 10.4 Å². The molecule has 332 valence electrons. The molecule has 7 N–H and O–H groups in total. The van der Waals surface area contributed by atoms with Gasteiger partial charge >= 0.3 is 0 Å². The lowest BCUT2D eigenvalue weighted by molar-refractivity contribution is -0.144. The Hall–Kier alpha value is -4.00. The minimum Gasteiger partial charge on any atom is -0.391 e. The number of nitrogens with one attached hydrogen (secondary N) is 2. The van der Waals surface area contributed by atoms with Crippen molar-refractivity contribution in [1.82, 2.24) is 20.5 Å². The molecule has 0 spiro atoms. The number of nitrogens with two attached hydrogens (primary N) is 2. The summed E-state index contributed by atoms with van der Waals surface area (Å²) >= 11 is 1.57. The number of primary amides is 1. The van der Waals surface area contributed by atoms with E-state index in [1.165, 1.54) is 4.90 Å². The van der Waals surface area contributed by atoms with Crippen LogP contribution in [-0.4, -0.2) is 115 Å². The molecule has 1 aliphatic heterocycles. The summed E-state index contributed by atoms with van der Waals surface area (Å²) in [6, 6.07) is 13.8. The van der Waals surface area contributed by atoms with Crippen molar-refractivity contribution < 1.29 is 43.2 Å². The number of benzene rings is 2. The Labute approximate surface area is 363 Å². The summed E-state index contributed by atoms with van der Waals surface area (Å²) in [5.41, 5.74) is 17.5. The molecule has 1 aromatic heterocycles. The summed E-state index contributed by atoms with van der Waals surface area (Å²) < 4.78 is 22.6. The molecule has 0 radical (unpaired) electrons. The van der Waals surface area contributed by atoms with Crippen molar-refractivity contribution in [3.05, 3.63) is 76.4 Å². The molecule has 60 heavy (non-hydrogen) atoms. The first kappa shape index (κ1) is 50.4. The molecule has 4 rings (SSSR count). The second-order valence-electron chi connectivity index (χ2n) is 16.0. The predicted octanol–water partition coefficient (Wildman–Crippen LogP) is 3.44. The van der Waals surface area contributed by atoms with Crippen molar-refractivity contribution in [3.63, 3.8) is 0 Å². The molecule has 1 fully saturated rings. The number of carbonyl (C=O) groups excluding carboxylic acids is 4. The van der Waals surface area contributed by atoms with Crippen LogP contribution in [0.15, 0.2) is 54.0 Å². The molecule has 0 aliphatic carbocycles. The third-order valence-electron chi connectivity index (χ3n) is 10.1. The first-order valence-corrected chi connectivity index (χ1v) is 21.0. The van der Waals surface area contributed by atoms with E-state index in [1.54, 1.807) is 11.3 Å². The summed E-state index contributed by atoms with van der Waals surface area (Å²) in [5, 5.41) is 16.2. The van der Waals surface area contributed by atoms with Gasteiger partial charge in [0.05, 0.1) is 67.9 Å². The Bertz CT molecular complexity index is 1790. The zero-order valence-corrected chi connectivity index (χ0v) is 37.0. The standard InChI is InChI=1S/C43H62N6O9S.ClH/c1-28-39(59-27-47-28)33-12-10-31(11-13-33)23-46-41(53)36-22-34(50)24-49(36)42(54)40(43(3,4)5)48-38(52)26-57-21-20-56-19-18-55-17-16-30-6-8-32(9-7-30)25-58-29(2)35(44)14-15-37(45)51;/h6-13,27,29,34-36,40,50H,14-26,44H2,1-5H3,(H2,45,51)(H,46,53)(H,48,52);1H/t29-,34-,35+,36+,40-;/m1./s1. The van der Waals surface area contributed by atoms with Gasteiger partial charge in [-0.1, -0.05) is 69.3 Å². The van der Waals surface area contributed by atoms with E-state index in [0.29, 0.717) is 32.8 Å². The SMILES string of the molecule is Cc1ncsc1-c1ccc(CNC(=O)[C@@H]2C[C@@H](O)CN2C(=O)[C@@H](NC(=O)COCCOCCOCCc2ccc(CO[C@H](C)[C@@H](N)CCC(N)=O)cc2)C(C)(C)C)cc1.Cl. The summed E-state index contributed by atoms with van der Waals surface area (Å²) in [7, 11) is 0. The molecule has 2 heterocycles. The zero-order valence-electron chi connectivity index (χ0n) is 35.4. The Morgan fingerprint density at radius 3 is 2.18 bits per heavy atom. The number of aliphatic hydroxyl groups is 1. The normalized spacial score (nSPS) is 16.8. The van der Waals surface area contributed by atoms with Crippen LogP contribution in [0.1, 0.15) is 69.3 Å². The molecule has 2 aromatic carbocycles. The molecule has 0 saturated carbocycles. The van der Waals surface area contributed by atoms with Gasteiger partial charge in [0, 0.05) is 32.0 Å². The first-order valence-electron chi connectivity index (χ1n) is 20.1. The second-order valence-corrected chi connectivity index (χ2v) is 16.8. The summed E-state index contributed by atoms with van der Waals surface area (Å²) in [5.74, 6) is -1.66. The number of amides is 4. The Morgan fingerprint density at radius 2 is 1.57 bits per heavy atom. The van der Waals surface area contributed by atoms with Crippen molar-refractivity contribution in [2.45, 2.75) is 104 Å².